The van der Waals surface area contributed by atoms with Gasteiger partial charge < -0.3 is 14.6 Å². The van der Waals surface area contributed by atoms with Crippen LogP contribution in [0.3, 0.4) is 0 Å². The van der Waals surface area contributed by atoms with E-state index in [1.54, 1.807) is 13.1 Å². The molecule has 0 saturated carbocycles. The number of benzene rings is 1. The van der Waals surface area contributed by atoms with E-state index in [9.17, 15) is 19.7 Å². The second-order valence-electron chi connectivity index (χ2n) is 5.77. The Balaban J connectivity index is 2.17. The summed E-state index contributed by atoms with van der Waals surface area (Å²) in [6.07, 6.45) is 0. The van der Waals surface area contributed by atoms with Crippen LogP contribution in [0.25, 0.3) is 0 Å². The molecule has 8 nitrogen and oxygen atoms in total. The number of ketones is 1. The molecule has 1 heterocycles. The number of esters is 1. The Hall–Kier alpha value is -3.16. The van der Waals surface area contributed by atoms with Gasteiger partial charge in [0.05, 0.1) is 10.5 Å². The van der Waals surface area contributed by atoms with E-state index in [2.05, 4.69) is 5.32 Å². The van der Waals surface area contributed by atoms with Crippen molar-refractivity contribution in [2.75, 3.05) is 19.0 Å². The molecule has 0 fully saturated rings. The number of hydrogen-bond donors (Lipinski definition) is 1. The molecule has 1 aromatic heterocycles. The first-order valence-electron chi connectivity index (χ1n) is 8.13. The first-order chi connectivity index (χ1) is 12.3. The summed E-state index contributed by atoms with van der Waals surface area (Å²) < 4.78 is 7.09. The number of carbonyl (C=O) groups excluding carboxylic acids is 2. The fraction of sp³-hybridized carbons (Fsp3) is 0.333. The lowest BCUT2D eigenvalue weighted by molar-refractivity contribution is -0.384. The number of nitrogens with zero attached hydrogens (tertiary/aromatic N) is 2. The van der Waals surface area contributed by atoms with Crippen LogP contribution in [0, 0.1) is 24.0 Å². The molecule has 138 valence electrons. The van der Waals surface area contributed by atoms with Crippen molar-refractivity contribution in [2.45, 2.75) is 27.3 Å². The predicted molar refractivity (Wildman–Crippen MR) is 96.8 cm³/mol. The SMILES string of the molecule is CCn1c(C)cc(C(=O)COC(=O)c2cc([N+](=O)[O-])ccc2NC)c1C. The zero-order chi connectivity index (χ0) is 19.4. The first kappa shape index (κ1) is 19.2. The van der Waals surface area contributed by atoms with Crippen molar-refractivity contribution in [3.63, 3.8) is 0 Å². The molecular weight excluding hydrogens is 338 g/mol. The van der Waals surface area contributed by atoms with Crippen molar-refractivity contribution >= 4 is 23.1 Å². The number of carbonyl (C=O) groups is 2. The number of nitrogens with one attached hydrogen (secondary N) is 1. The number of nitro benzene ring substituents is 1. The zero-order valence-electron chi connectivity index (χ0n) is 15.2. The van der Waals surface area contributed by atoms with Crippen molar-refractivity contribution in [3.05, 3.63) is 56.9 Å². The van der Waals surface area contributed by atoms with Crippen LogP contribution in [-0.4, -0.2) is 34.9 Å². The second kappa shape index (κ2) is 7.81. The van der Waals surface area contributed by atoms with Gasteiger partial charge in [0.15, 0.2) is 6.61 Å². The second-order valence-corrected chi connectivity index (χ2v) is 5.77. The summed E-state index contributed by atoms with van der Waals surface area (Å²) in [6.45, 7) is 6.03. The smallest absolute Gasteiger partial charge is 0.340 e. The standard InChI is InChI=1S/C18H21N3O5/c1-5-20-11(2)8-14(12(20)3)17(22)10-26-18(23)15-9-13(21(24)25)6-7-16(15)19-4/h6-9,19H,5,10H2,1-4H3. The molecule has 2 rings (SSSR count). The number of aromatic nitrogens is 1. The molecular formula is C18H21N3O5. The fourth-order valence-electron chi connectivity index (χ4n) is 2.89. The summed E-state index contributed by atoms with van der Waals surface area (Å²) in [5.74, 6) is -1.11. The van der Waals surface area contributed by atoms with E-state index in [-0.39, 0.29) is 17.0 Å². The maximum Gasteiger partial charge on any atom is 0.340 e. The molecule has 26 heavy (non-hydrogen) atoms. The van der Waals surface area contributed by atoms with Gasteiger partial charge in [-0.1, -0.05) is 0 Å². The highest BCUT2D eigenvalue weighted by atomic mass is 16.6. The quantitative estimate of drug-likeness (QED) is 0.353. The van der Waals surface area contributed by atoms with Crippen LogP contribution < -0.4 is 5.32 Å². The molecule has 0 atom stereocenters. The van der Waals surface area contributed by atoms with Crippen molar-refractivity contribution < 1.29 is 19.2 Å². The Bertz CT molecular complexity index is 870. The number of non-ortho nitro benzene ring substituents is 1. The maximum atomic E-state index is 12.4. The third-order valence-corrected chi connectivity index (χ3v) is 4.23. The van der Waals surface area contributed by atoms with Crippen molar-refractivity contribution in [1.29, 1.82) is 0 Å². The Labute approximate surface area is 150 Å². The lowest BCUT2D eigenvalue weighted by Gasteiger charge is -2.09. The van der Waals surface area contributed by atoms with Crippen molar-refractivity contribution in [2.24, 2.45) is 0 Å². The molecule has 0 bridgehead atoms. The normalized spacial score (nSPS) is 10.5. The van der Waals surface area contributed by atoms with Crippen LogP contribution in [0.1, 0.15) is 39.0 Å². The number of hydrogen-bond acceptors (Lipinski definition) is 6. The van der Waals surface area contributed by atoms with Gasteiger partial charge in [0.25, 0.3) is 5.69 Å². The van der Waals surface area contributed by atoms with Crippen LogP contribution in [0.4, 0.5) is 11.4 Å². The predicted octanol–water partition coefficient (Wildman–Crippen LogP) is 3.11. The summed E-state index contributed by atoms with van der Waals surface area (Å²) in [4.78, 5) is 35.0. The monoisotopic (exact) mass is 359 g/mol. The number of Topliss-reactive ketones (excluding diaryl/α,β-unsaturated/α-hetero) is 1. The molecule has 0 amide bonds. The van der Waals surface area contributed by atoms with E-state index >= 15 is 0 Å². The minimum Gasteiger partial charge on any atom is -0.454 e. The van der Waals surface area contributed by atoms with Crippen LogP contribution in [0.5, 0.6) is 0 Å². The first-order valence-corrected chi connectivity index (χ1v) is 8.13. The van der Waals surface area contributed by atoms with E-state index in [4.69, 9.17) is 4.74 Å². The number of anilines is 1. The minimum absolute atomic E-state index is 0.00790. The van der Waals surface area contributed by atoms with E-state index in [0.717, 1.165) is 24.0 Å². The Morgan fingerprint density at radius 1 is 1.23 bits per heavy atom. The third kappa shape index (κ3) is 3.74. The molecule has 2 aromatic rings. The van der Waals surface area contributed by atoms with Gasteiger partial charge in [-0.15, -0.1) is 0 Å². The summed E-state index contributed by atoms with van der Waals surface area (Å²) in [6, 6.07) is 5.60. The van der Waals surface area contributed by atoms with Crippen molar-refractivity contribution in [3.8, 4) is 0 Å². The van der Waals surface area contributed by atoms with Gasteiger partial charge in [0, 0.05) is 48.4 Å². The summed E-state index contributed by atoms with van der Waals surface area (Å²) in [5.41, 5.74) is 2.44. The lowest BCUT2D eigenvalue weighted by atomic mass is 10.1. The molecule has 0 aliphatic carbocycles. The Kier molecular flexibility index (Phi) is 5.76. The summed E-state index contributed by atoms with van der Waals surface area (Å²) in [5, 5.41) is 13.7. The molecule has 0 spiro atoms. The highest BCUT2D eigenvalue weighted by molar-refractivity contribution is 6.02. The van der Waals surface area contributed by atoms with E-state index in [0.29, 0.717) is 11.3 Å². The van der Waals surface area contributed by atoms with Crippen LogP contribution in [0.2, 0.25) is 0 Å². The van der Waals surface area contributed by atoms with Gasteiger partial charge in [-0.25, -0.2) is 4.79 Å². The third-order valence-electron chi connectivity index (χ3n) is 4.23. The fourth-order valence-corrected chi connectivity index (χ4v) is 2.89. The molecule has 1 aromatic carbocycles. The lowest BCUT2D eigenvalue weighted by Crippen LogP contribution is -2.16. The van der Waals surface area contributed by atoms with Gasteiger partial charge >= 0.3 is 5.97 Å². The van der Waals surface area contributed by atoms with Crippen molar-refractivity contribution in [1.82, 2.24) is 4.57 Å². The van der Waals surface area contributed by atoms with Gasteiger partial charge in [-0.2, -0.15) is 0 Å². The largest absolute Gasteiger partial charge is 0.454 e. The summed E-state index contributed by atoms with van der Waals surface area (Å²) in [7, 11) is 1.59. The molecule has 0 unspecified atom stereocenters. The highest BCUT2D eigenvalue weighted by Crippen LogP contribution is 2.23. The van der Waals surface area contributed by atoms with Gasteiger partial charge in [0.2, 0.25) is 5.78 Å². The van der Waals surface area contributed by atoms with Gasteiger partial charge in [0.1, 0.15) is 0 Å². The van der Waals surface area contributed by atoms with E-state index in [1.165, 1.54) is 12.1 Å². The van der Waals surface area contributed by atoms with E-state index < -0.39 is 17.5 Å². The Morgan fingerprint density at radius 2 is 1.92 bits per heavy atom. The van der Waals surface area contributed by atoms with Gasteiger partial charge in [-0.05, 0) is 32.9 Å². The molecule has 0 aliphatic heterocycles. The van der Waals surface area contributed by atoms with Crippen LogP contribution in [0.15, 0.2) is 24.3 Å². The Morgan fingerprint density at radius 3 is 2.46 bits per heavy atom. The molecule has 0 radical (unpaired) electrons. The molecule has 0 saturated heterocycles. The van der Waals surface area contributed by atoms with E-state index in [1.807, 2.05) is 25.3 Å². The maximum absolute atomic E-state index is 12.4. The zero-order valence-corrected chi connectivity index (χ0v) is 15.2. The average molecular weight is 359 g/mol. The van der Waals surface area contributed by atoms with Crippen LogP contribution >= 0.6 is 0 Å². The highest BCUT2D eigenvalue weighted by Gasteiger charge is 2.20. The number of ether oxygens (including phenoxy) is 1. The minimum atomic E-state index is -0.796. The van der Waals surface area contributed by atoms with Crippen LogP contribution in [-0.2, 0) is 11.3 Å². The number of aryl methyl sites for hydroxylation is 1. The average Bonchev–Trinajstić information content (AvgIpc) is 2.92. The number of nitro groups is 1. The molecule has 8 heteroatoms. The topological polar surface area (TPSA) is 103 Å². The summed E-state index contributed by atoms with van der Waals surface area (Å²) >= 11 is 0. The molecule has 1 N–H and O–H groups in total. The molecule has 0 aliphatic rings. The number of rotatable bonds is 7. The van der Waals surface area contributed by atoms with Gasteiger partial charge in [-0.3, -0.25) is 14.9 Å².